The Morgan fingerprint density at radius 2 is 2.03 bits per heavy atom. The highest BCUT2D eigenvalue weighted by Crippen LogP contribution is 2.47. The molecule has 3 rings (SSSR count). The Bertz CT molecular complexity index is 879. The number of dihydropyridines is 1. The van der Waals surface area contributed by atoms with Crippen molar-refractivity contribution in [3.8, 4) is 5.75 Å². The van der Waals surface area contributed by atoms with Gasteiger partial charge in [-0.2, -0.15) is 0 Å². The molecule has 0 spiro atoms. The fourth-order valence-corrected chi connectivity index (χ4v) is 4.25. The number of Topliss-reactive ketones (excluding diaryl/α,β-unsaturated/α-hetero) is 1. The van der Waals surface area contributed by atoms with Crippen molar-refractivity contribution in [2.45, 2.75) is 59.3 Å². The number of nitrogens with one attached hydrogen (secondary N) is 1. The van der Waals surface area contributed by atoms with Gasteiger partial charge < -0.3 is 14.8 Å². The summed E-state index contributed by atoms with van der Waals surface area (Å²) < 4.78 is 10.9. The molecule has 0 saturated heterocycles. The normalized spacial score (nSPS) is 20.9. The van der Waals surface area contributed by atoms with E-state index in [2.05, 4.69) is 26.1 Å². The molecule has 1 N–H and O–H groups in total. The van der Waals surface area contributed by atoms with Crippen LogP contribution in [0.4, 0.5) is 0 Å². The number of hydrogen-bond donors (Lipinski definition) is 1. The van der Waals surface area contributed by atoms with Crippen LogP contribution >= 0.6 is 0 Å². The average Bonchev–Trinajstić information content (AvgIpc) is 2.66. The molecule has 0 fully saturated rings. The van der Waals surface area contributed by atoms with Crippen molar-refractivity contribution >= 4 is 11.8 Å². The molecule has 0 radical (unpaired) electrons. The van der Waals surface area contributed by atoms with E-state index in [1.54, 1.807) is 7.11 Å². The molecule has 5 nitrogen and oxygen atoms in total. The maximum Gasteiger partial charge on any atom is 0.336 e. The number of methoxy groups -OCH3 is 1. The lowest BCUT2D eigenvalue weighted by molar-refractivity contribution is -0.139. The Morgan fingerprint density at radius 3 is 2.72 bits per heavy atom. The molecule has 1 aliphatic carbocycles. The minimum atomic E-state index is -0.445. The second-order valence-electron chi connectivity index (χ2n) is 8.70. The van der Waals surface area contributed by atoms with Gasteiger partial charge in [0.2, 0.25) is 0 Å². The third-order valence-corrected chi connectivity index (χ3v) is 5.62. The molecule has 1 aromatic rings. The van der Waals surface area contributed by atoms with Crippen LogP contribution in [0.5, 0.6) is 5.75 Å². The topological polar surface area (TPSA) is 64.6 Å². The summed E-state index contributed by atoms with van der Waals surface area (Å²) in [5.41, 5.74) is 3.63. The summed E-state index contributed by atoms with van der Waals surface area (Å²) in [4.78, 5) is 26.3. The van der Waals surface area contributed by atoms with Gasteiger partial charge in [-0.1, -0.05) is 39.3 Å². The fourth-order valence-electron chi connectivity index (χ4n) is 4.25. The summed E-state index contributed by atoms with van der Waals surface area (Å²) in [7, 11) is 1.61. The number of unbranched alkanes of at least 4 members (excludes halogenated alkanes) is 1. The molecule has 0 bridgehead atoms. The van der Waals surface area contributed by atoms with E-state index in [1.807, 2.05) is 31.2 Å². The standard InChI is InChI=1S/C24H31NO4/c1-6-7-11-29-23(27)20-15(2)25-18-13-24(3,4)14-19(26)22(18)21(20)16-9-8-10-17(12-16)28-5/h8-10,12,21,25H,6-7,11,13-14H2,1-5H3/t21-/m1/s1. The van der Waals surface area contributed by atoms with Gasteiger partial charge in [0.1, 0.15) is 5.75 Å². The molecule has 1 aliphatic heterocycles. The number of ketones is 1. The van der Waals surface area contributed by atoms with E-state index in [0.29, 0.717) is 29.9 Å². The number of benzene rings is 1. The van der Waals surface area contributed by atoms with Crippen molar-refractivity contribution < 1.29 is 19.1 Å². The third-order valence-electron chi connectivity index (χ3n) is 5.62. The van der Waals surface area contributed by atoms with Crippen LogP contribution in [0.2, 0.25) is 0 Å². The van der Waals surface area contributed by atoms with Crippen molar-refractivity contribution in [1.29, 1.82) is 0 Å². The van der Waals surface area contributed by atoms with Crippen molar-refractivity contribution in [3.05, 3.63) is 52.4 Å². The molecule has 156 valence electrons. The Morgan fingerprint density at radius 1 is 1.28 bits per heavy atom. The molecule has 0 aromatic heterocycles. The number of carbonyl (C=O) groups is 2. The van der Waals surface area contributed by atoms with E-state index in [0.717, 1.165) is 36.2 Å². The lowest BCUT2D eigenvalue weighted by Gasteiger charge is -2.39. The molecule has 1 atom stereocenters. The van der Waals surface area contributed by atoms with Gasteiger partial charge in [-0.25, -0.2) is 4.79 Å². The minimum Gasteiger partial charge on any atom is -0.497 e. The first-order valence-corrected chi connectivity index (χ1v) is 10.3. The second-order valence-corrected chi connectivity index (χ2v) is 8.70. The highest BCUT2D eigenvalue weighted by Gasteiger charge is 2.43. The second kappa shape index (κ2) is 8.44. The van der Waals surface area contributed by atoms with Crippen molar-refractivity contribution in [2.24, 2.45) is 5.41 Å². The van der Waals surface area contributed by atoms with Gasteiger partial charge in [-0.3, -0.25) is 4.79 Å². The molecular formula is C24H31NO4. The van der Waals surface area contributed by atoms with Gasteiger partial charge in [-0.15, -0.1) is 0 Å². The summed E-state index contributed by atoms with van der Waals surface area (Å²) in [6.45, 7) is 8.53. The van der Waals surface area contributed by atoms with E-state index in [9.17, 15) is 9.59 Å². The molecule has 0 unspecified atom stereocenters. The quantitative estimate of drug-likeness (QED) is 0.559. The zero-order chi connectivity index (χ0) is 21.2. The van der Waals surface area contributed by atoms with E-state index >= 15 is 0 Å². The number of allylic oxidation sites excluding steroid dienone is 3. The van der Waals surface area contributed by atoms with Crippen molar-refractivity contribution in [2.75, 3.05) is 13.7 Å². The zero-order valence-corrected chi connectivity index (χ0v) is 18.1. The number of ether oxygens (including phenoxy) is 2. The largest absolute Gasteiger partial charge is 0.497 e. The van der Waals surface area contributed by atoms with Gasteiger partial charge in [0.25, 0.3) is 0 Å². The van der Waals surface area contributed by atoms with Crippen LogP contribution in [0.1, 0.15) is 64.9 Å². The number of hydrogen-bond acceptors (Lipinski definition) is 5. The summed E-state index contributed by atoms with van der Waals surface area (Å²) in [5.74, 6) is -0.0226. The Hall–Kier alpha value is -2.56. The van der Waals surface area contributed by atoms with E-state index < -0.39 is 5.92 Å². The van der Waals surface area contributed by atoms with E-state index in [4.69, 9.17) is 9.47 Å². The fraction of sp³-hybridized carbons (Fsp3) is 0.500. The van der Waals surface area contributed by atoms with E-state index in [1.165, 1.54) is 0 Å². The first-order valence-electron chi connectivity index (χ1n) is 10.3. The van der Waals surface area contributed by atoms with Gasteiger partial charge >= 0.3 is 5.97 Å². The van der Waals surface area contributed by atoms with Crippen LogP contribution < -0.4 is 10.1 Å². The predicted octanol–water partition coefficient (Wildman–Crippen LogP) is 4.64. The highest BCUT2D eigenvalue weighted by atomic mass is 16.5. The molecule has 0 saturated carbocycles. The number of esters is 1. The first-order chi connectivity index (χ1) is 13.8. The summed E-state index contributed by atoms with van der Waals surface area (Å²) in [6, 6.07) is 7.60. The maximum atomic E-state index is 13.2. The first kappa shape index (κ1) is 21.2. The molecule has 5 heteroatoms. The molecule has 1 heterocycles. The Kier molecular flexibility index (Phi) is 6.15. The van der Waals surface area contributed by atoms with Gasteiger partial charge in [0.05, 0.1) is 19.3 Å². The number of carbonyl (C=O) groups excluding carboxylic acids is 2. The molecule has 1 aromatic carbocycles. The smallest absolute Gasteiger partial charge is 0.336 e. The van der Waals surface area contributed by atoms with Crippen LogP contribution in [0.15, 0.2) is 46.8 Å². The van der Waals surface area contributed by atoms with Gasteiger partial charge in [0, 0.05) is 29.3 Å². The summed E-state index contributed by atoms with van der Waals surface area (Å²) in [6.07, 6.45) is 3.00. The Balaban J connectivity index is 2.10. The third kappa shape index (κ3) is 4.39. The van der Waals surface area contributed by atoms with Crippen LogP contribution in [-0.4, -0.2) is 25.5 Å². The molecule has 29 heavy (non-hydrogen) atoms. The van der Waals surface area contributed by atoms with E-state index in [-0.39, 0.29) is 17.2 Å². The zero-order valence-electron chi connectivity index (χ0n) is 18.1. The SMILES string of the molecule is CCCCOC(=O)C1=C(C)NC2=C(C(=O)CC(C)(C)C2)[C@@H]1c1cccc(OC)c1. The lowest BCUT2D eigenvalue weighted by atomic mass is 9.68. The Labute approximate surface area is 173 Å². The number of rotatable bonds is 6. The summed E-state index contributed by atoms with van der Waals surface area (Å²) in [5, 5.41) is 3.36. The molecular weight excluding hydrogens is 366 g/mol. The van der Waals surface area contributed by atoms with Gasteiger partial charge in [0.15, 0.2) is 5.78 Å². The summed E-state index contributed by atoms with van der Waals surface area (Å²) >= 11 is 0. The highest BCUT2D eigenvalue weighted by molar-refractivity contribution is 6.04. The van der Waals surface area contributed by atoms with Crippen LogP contribution in [-0.2, 0) is 14.3 Å². The molecule has 0 amide bonds. The van der Waals surface area contributed by atoms with Crippen LogP contribution in [0.3, 0.4) is 0 Å². The monoisotopic (exact) mass is 397 g/mol. The van der Waals surface area contributed by atoms with Crippen LogP contribution in [0, 0.1) is 5.41 Å². The average molecular weight is 398 g/mol. The van der Waals surface area contributed by atoms with Crippen LogP contribution in [0.25, 0.3) is 0 Å². The lowest BCUT2D eigenvalue weighted by Crippen LogP contribution is -2.38. The van der Waals surface area contributed by atoms with Gasteiger partial charge in [-0.05, 0) is 42.9 Å². The van der Waals surface area contributed by atoms with Crippen molar-refractivity contribution in [1.82, 2.24) is 5.32 Å². The minimum absolute atomic E-state index is 0.0860. The maximum absolute atomic E-state index is 13.2. The van der Waals surface area contributed by atoms with Crippen molar-refractivity contribution in [3.63, 3.8) is 0 Å². The predicted molar refractivity (Wildman–Crippen MR) is 112 cm³/mol. The molecule has 2 aliphatic rings.